The van der Waals surface area contributed by atoms with Crippen LogP contribution in [0, 0.1) is 19.8 Å². The van der Waals surface area contributed by atoms with Crippen LogP contribution in [0.2, 0.25) is 0 Å². The smallest absolute Gasteiger partial charge is 0.284 e. The number of aromatic nitrogens is 2. The first-order valence-corrected chi connectivity index (χ1v) is 13.3. The number of aryl methyl sites for hydroxylation is 2. The van der Waals surface area contributed by atoms with Crippen LogP contribution in [-0.4, -0.2) is 54.0 Å². The zero-order valence-electron chi connectivity index (χ0n) is 25.4. The lowest BCUT2D eigenvalue weighted by Crippen LogP contribution is -2.28. The van der Waals surface area contributed by atoms with Gasteiger partial charge in [0.05, 0.1) is 19.8 Å². The fourth-order valence-electron chi connectivity index (χ4n) is 2.60. The minimum absolute atomic E-state index is 0.202. The highest BCUT2D eigenvalue weighted by molar-refractivity contribution is 5.35. The Balaban J connectivity index is 0. The van der Waals surface area contributed by atoms with Crippen molar-refractivity contribution in [2.75, 3.05) is 27.4 Å². The van der Waals surface area contributed by atoms with E-state index in [-0.39, 0.29) is 18.2 Å². The van der Waals surface area contributed by atoms with Crippen molar-refractivity contribution < 1.29 is 32.8 Å². The second-order valence-electron chi connectivity index (χ2n) is 8.35. The largest absolute Gasteiger partial charge is 0.485 e. The maximum atomic E-state index is 13.4. The van der Waals surface area contributed by atoms with Crippen LogP contribution in [0.15, 0.2) is 24.3 Å². The fourth-order valence-corrected chi connectivity index (χ4v) is 2.60. The van der Waals surface area contributed by atoms with Crippen molar-refractivity contribution in [3.05, 3.63) is 35.7 Å². The molecule has 1 aliphatic rings. The van der Waals surface area contributed by atoms with Gasteiger partial charge in [-0.2, -0.15) is 0 Å². The quantitative estimate of drug-likeness (QED) is 0.351. The predicted molar refractivity (Wildman–Crippen MR) is 150 cm³/mol. The lowest BCUT2D eigenvalue weighted by molar-refractivity contribution is -0.0607. The highest BCUT2D eigenvalue weighted by Gasteiger charge is 2.47. The van der Waals surface area contributed by atoms with Gasteiger partial charge in [-0.1, -0.05) is 41.5 Å². The van der Waals surface area contributed by atoms with Gasteiger partial charge in [-0.25, -0.2) is 18.7 Å². The summed E-state index contributed by atoms with van der Waals surface area (Å²) in [5.74, 6) is -1.78. The number of ether oxygens (including phenoxy) is 4. The second-order valence-corrected chi connectivity index (χ2v) is 8.35. The topological polar surface area (TPSA) is 82.9 Å². The van der Waals surface area contributed by atoms with E-state index >= 15 is 0 Å². The molecule has 0 atom stereocenters. The Hall–Kier alpha value is -2.68. The molecule has 0 aliphatic heterocycles. The molecule has 220 valence electrons. The Labute approximate surface area is 228 Å². The average molecular weight is 545 g/mol. The molecular weight excluding hydrogens is 494 g/mol. The first-order valence-electron chi connectivity index (χ1n) is 13.3. The van der Waals surface area contributed by atoms with Crippen molar-refractivity contribution in [3.63, 3.8) is 0 Å². The van der Waals surface area contributed by atoms with E-state index < -0.39 is 24.0 Å². The molecule has 1 N–H and O–H groups in total. The summed E-state index contributed by atoms with van der Waals surface area (Å²) in [6, 6.07) is 6.92. The van der Waals surface area contributed by atoms with Gasteiger partial charge in [0.1, 0.15) is 6.61 Å². The Morgan fingerprint density at radius 3 is 1.45 bits per heavy atom. The van der Waals surface area contributed by atoms with Crippen LogP contribution in [0.25, 0.3) is 0 Å². The third-order valence-electron chi connectivity index (χ3n) is 4.49. The molecule has 0 amide bonds. The Kier molecular flexibility index (Phi) is 19.1. The minimum Gasteiger partial charge on any atom is -0.485 e. The molecule has 7 nitrogen and oxygen atoms in total. The summed E-state index contributed by atoms with van der Waals surface area (Å²) in [7, 11) is 2.98. The maximum Gasteiger partial charge on any atom is 0.284 e. The summed E-state index contributed by atoms with van der Waals surface area (Å²) in [4.78, 5) is 8.22. The van der Waals surface area contributed by atoms with Gasteiger partial charge in [0.25, 0.3) is 17.7 Å². The molecule has 1 fully saturated rings. The summed E-state index contributed by atoms with van der Waals surface area (Å²) in [5, 5.41) is 9.51. The van der Waals surface area contributed by atoms with E-state index in [1.807, 2.05) is 54.5 Å². The van der Waals surface area contributed by atoms with Crippen LogP contribution in [-0.2, 0) is 0 Å². The first kappa shape index (κ1) is 37.5. The number of halogens is 2. The molecule has 2 heterocycles. The molecule has 0 unspecified atom stereocenters. The van der Waals surface area contributed by atoms with Crippen molar-refractivity contribution in [1.82, 2.24) is 9.97 Å². The predicted octanol–water partition coefficient (Wildman–Crippen LogP) is 7.45. The first-order chi connectivity index (χ1) is 17.9. The van der Waals surface area contributed by atoms with Gasteiger partial charge in [0, 0.05) is 17.3 Å². The lowest BCUT2D eigenvalue weighted by atomic mass is 10.2. The summed E-state index contributed by atoms with van der Waals surface area (Å²) in [5.41, 5.74) is 0.751. The molecule has 1 saturated carbocycles. The van der Waals surface area contributed by atoms with E-state index in [0.29, 0.717) is 24.5 Å². The Morgan fingerprint density at radius 1 is 0.763 bits per heavy atom. The number of hydrogen-bond donors (Lipinski definition) is 1. The van der Waals surface area contributed by atoms with E-state index in [9.17, 15) is 13.9 Å². The van der Waals surface area contributed by atoms with E-state index in [2.05, 4.69) is 9.97 Å². The van der Waals surface area contributed by atoms with Crippen LogP contribution >= 0.6 is 0 Å². The molecular formula is C29H50F2N2O5. The maximum absolute atomic E-state index is 13.4. The molecule has 38 heavy (non-hydrogen) atoms. The van der Waals surface area contributed by atoms with E-state index in [0.717, 1.165) is 11.4 Å². The highest BCUT2D eigenvalue weighted by Crippen LogP contribution is 2.43. The number of pyridine rings is 2. The number of aliphatic hydroxyl groups is 1. The Morgan fingerprint density at radius 2 is 1.13 bits per heavy atom. The normalized spacial score (nSPS) is 12.0. The zero-order chi connectivity index (χ0) is 29.9. The van der Waals surface area contributed by atoms with Gasteiger partial charge in [-0.05, 0) is 64.8 Å². The molecule has 1 aliphatic carbocycles. The van der Waals surface area contributed by atoms with Crippen LogP contribution in [0.4, 0.5) is 8.78 Å². The van der Waals surface area contributed by atoms with Gasteiger partial charge < -0.3 is 24.1 Å². The van der Waals surface area contributed by atoms with Gasteiger partial charge >= 0.3 is 0 Å². The Bertz CT molecular complexity index is 886. The minimum atomic E-state index is -2.75. The number of rotatable bonds is 9. The SMILES string of the molecule is CC.CC.CC.COc1nc(C)ccc1OCC(C)(C)O.COc1nc(C)ccc1OCC(F)(F)C1CC1. The van der Waals surface area contributed by atoms with Gasteiger partial charge in [0.15, 0.2) is 18.1 Å². The number of hydrogen-bond acceptors (Lipinski definition) is 7. The molecule has 0 spiro atoms. The van der Waals surface area contributed by atoms with Gasteiger partial charge in [-0.15, -0.1) is 0 Å². The lowest BCUT2D eigenvalue weighted by Gasteiger charge is -2.18. The third kappa shape index (κ3) is 14.9. The van der Waals surface area contributed by atoms with Crippen LogP contribution in [0.3, 0.4) is 0 Å². The fraction of sp³-hybridized carbons (Fsp3) is 0.655. The van der Waals surface area contributed by atoms with Crippen molar-refractivity contribution >= 4 is 0 Å². The van der Waals surface area contributed by atoms with Crippen LogP contribution in [0.1, 0.15) is 79.6 Å². The van der Waals surface area contributed by atoms with Crippen molar-refractivity contribution in [2.24, 2.45) is 5.92 Å². The average Bonchev–Trinajstić information content (AvgIpc) is 3.77. The van der Waals surface area contributed by atoms with E-state index in [1.165, 1.54) is 7.11 Å². The van der Waals surface area contributed by atoms with Crippen LogP contribution in [0.5, 0.6) is 23.3 Å². The molecule has 0 bridgehead atoms. The van der Waals surface area contributed by atoms with Crippen molar-refractivity contribution in [3.8, 4) is 23.3 Å². The summed E-state index contributed by atoms with van der Waals surface area (Å²) in [6.45, 7) is 18.6. The highest BCUT2D eigenvalue weighted by atomic mass is 19.3. The van der Waals surface area contributed by atoms with Gasteiger partial charge in [0.2, 0.25) is 0 Å². The van der Waals surface area contributed by atoms with E-state index in [1.54, 1.807) is 46.1 Å². The second kappa shape index (κ2) is 19.4. The number of alkyl halides is 2. The molecule has 2 aromatic heterocycles. The summed E-state index contributed by atoms with van der Waals surface area (Å²) >= 11 is 0. The standard InChI is InChI=1S/C12H15F2NO2.C11H17NO3.3C2H6/c1-8-3-6-10(11(15-8)16-2)17-7-12(13,14)9-4-5-9;1-8-5-6-9(10(12-8)14-4)15-7-11(2,3)13;3*1-2/h3,6,9H,4-5,7H2,1-2H3;5-6,13H,7H2,1-4H3;3*1-2H3. The molecule has 3 rings (SSSR count). The molecule has 9 heteroatoms. The number of nitrogens with zero attached hydrogens (tertiary/aromatic N) is 2. The molecule has 2 aromatic rings. The summed E-state index contributed by atoms with van der Waals surface area (Å²) in [6.07, 6.45) is 1.17. The van der Waals surface area contributed by atoms with Crippen molar-refractivity contribution in [2.45, 2.75) is 93.6 Å². The van der Waals surface area contributed by atoms with Crippen molar-refractivity contribution in [1.29, 1.82) is 0 Å². The third-order valence-corrected chi connectivity index (χ3v) is 4.49. The molecule has 0 radical (unpaired) electrons. The van der Waals surface area contributed by atoms with E-state index in [4.69, 9.17) is 18.9 Å². The van der Waals surface area contributed by atoms with Crippen LogP contribution < -0.4 is 18.9 Å². The monoisotopic (exact) mass is 544 g/mol. The molecule has 0 saturated heterocycles. The summed E-state index contributed by atoms with van der Waals surface area (Å²) < 4.78 is 47.4. The van der Waals surface area contributed by atoms with Gasteiger partial charge in [-0.3, -0.25) is 0 Å². The zero-order valence-corrected chi connectivity index (χ0v) is 25.4. The molecule has 0 aromatic carbocycles. The number of methoxy groups -OCH3 is 2.